The minimum Gasteiger partial charge on any atom is -0.356 e. The van der Waals surface area contributed by atoms with Gasteiger partial charge in [-0.05, 0) is 13.0 Å². The van der Waals surface area contributed by atoms with Gasteiger partial charge in [0.05, 0.1) is 0 Å². The molecule has 1 aliphatic heterocycles. The number of halogens is 2. The molecule has 4 heteroatoms. The fraction of sp³-hybridized carbons (Fsp3) is 0.250. The summed E-state index contributed by atoms with van der Waals surface area (Å²) >= 11 is 0. The lowest BCUT2D eigenvalue weighted by Crippen LogP contribution is -2.12. The highest BCUT2D eigenvalue weighted by atomic mass is 19.3. The van der Waals surface area contributed by atoms with E-state index in [1.165, 1.54) is 0 Å². The molecular weight excluding hydrogens is 212 g/mol. The summed E-state index contributed by atoms with van der Waals surface area (Å²) < 4.78 is 20.3. The molecule has 0 aromatic heterocycles. The second-order valence-corrected chi connectivity index (χ2v) is 2.95. The number of nitrogens with one attached hydrogen (secondary N) is 1. The van der Waals surface area contributed by atoms with Crippen molar-refractivity contribution in [2.45, 2.75) is 12.8 Å². The highest BCUT2D eigenvalue weighted by Crippen LogP contribution is 1.93. The normalized spacial score (nSPS) is 12.5. The number of benzene rings is 1. The zero-order valence-electron chi connectivity index (χ0n) is 8.96. The number of rotatable bonds is 0. The lowest BCUT2D eigenvalue weighted by molar-refractivity contribution is -0.119. The standard InChI is InChI=1S/C6H6.C4H7NO.C2H2F2/c1-2-4-6-5-3-1;6-4-2-1-3-5-4;1-2(3)4/h1-6H;1-3H2,(H,5,6);1H2. The Labute approximate surface area is 94.0 Å². The van der Waals surface area contributed by atoms with Crippen LogP contribution in [0, 0.1) is 0 Å². The van der Waals surface area contributed by atoms with Crippen LogP contribution in [0.15, 0.2) is 49.1 Å². The smallest absolute Gasteiger partial charge is 0.263 e. The summed E-state index contributed by atoms with van der Waals surface area (Å²) in [6, 6.07) is 12.0. The van der Waals surface area contributed by atoms with Crippen LogP contribution in [-0.4, -0.2) is 12.5 Å². The van der Waals surface area contributed by atoms with Gasteiger partial charge >= 0.3 is 0 Å². The number of carbonyl (C=O) groups is 1. The van der Waals surface area contributed by atoms with E-state index in [-0.39, 0.29) is 5.91 Å². The molecule has 0 spiro atoms. The molecule has 0 bridgehead atoms. The third-order valence-corrected chi connectivity index (χ3v) is 1.57. The van der Waals surface area contributed by atoms with Crippen LogP contribution >= 0.6 is 0 Å². The van der Waals surface area contributed by atoms with E-state index < -0.39 is 6.08 Å². The van der Waals surface area contributed by atoms with Crippen molar-refractivity contribution in [3.05, 3.63) is 49.1 Å². The first-order chi connectivity index (χ1) is 7.63. The molecule has 1 heterocycles. The third kappa shape index (κ3) is 12.3. The van der Waals surface area contributed by atoms with Gasteiger partial charge in [0, 0.05) is 13.0 Å². The molecule has 0 aliphatic carbocycles. The van der Waals surface area contributed by atoms with Gasteiger partial charge in [0.2, 0.25) is 5.91 Å². The number of hydrogen-bond donors (Lipinski definition) is 1. The zero-order chi connectivity index (χ0) is 12.2. The molecule has 0 unspecified atom stereocenters. The molecule has 1 aliphatic rings. The molecule has 1 aromatic carbocycles. The number of amides is 1. The Morgan fingerprint density at radius 2 is 1.50 bits per heavy atom. The van der Waals surface area contributed by atoms with Gasteiger partial charge in [-0.15, -0.1) is 0 Å². The van der Waals surface area contributed by atoms with Crippen LogP contribution in [0.1, 0.15) is 12.8 Å². The van der Waals surface area contributed by atoms with Crippen LogP contribution in [-0.2, 0) is 4.79 Å². The molecule has 88 valence electrons. The molecular formula is C12H15F2NO. The van der Waals surface area contributed by atoms with Gasteiger partial charge in [-0.3, -0.25) is 4.79 Å². The summed E-state index contributed by atoms with van der Waals surface area (Å²) in [5, 5.41) is 2.68. The van der Waals surface area contributed by atoms with Gasteiger partial charge in [-0.2, -0.15) is 8.78 Å². The fourth-order valence-electron chi connectivity index (χ4n) is 0.950. The molecule has 1 fully saturated rings. The van der Waals surface area contributed by atoms with Crippen LogP contribution in [0.3, 0.4) is 0 Å². The van der Waals surface area contributed by atoms with Crippen molar-refractivity contribution in [1.82, 2.24) is 5.32 Å². The minimum absolute atomic E-state index is 0.204. The van der Waals surface area contributed by atoms with Crippen molar-refractivity contribution in [3.63, 3.8) is 0 Å². The van der Waals surface area contributed by atoms with Gasteiger partial charge in [0.25, 0.3) is 6.08 Å². The van der Waals surface area contributed by atoms with Crippen molar-refractivity contribution >= 4 is 5.91 Å². The van der Waals surface area contributed by atoms with Gasteiger partial charge in [-0.1, -0.05) is 36.4 Å². The molecule has 1 N–H and O–H groups in total. The predicted molar refractivity (Wildman–Crippen MR) is 60.0 cm³/mol. The number of hydrogen-bond acceptors (Lipinski definition) is 1. The maximum absolute atomic E-state index is 10.1. The Morgan fingerprint density at radius 1 is 1.12 bits per heavy atom. The van der Waals surface area contributed by atoms with E-state index in [4.69, 9.17) is 0 Å². The fourth-order valence-corrected chi connectivity index (χ4v) is 0.950. The molecule has 2 nitrogen and oxygen atoms in total. The summed E-state index contributed by atoms with van der Waals surface area (Å²) in [7, 11) is 0. The largest absolute Gasteiger partial charge is 0.356 e. The summed E-state index contributed by atoms with van der Waals surface area (Å²) in [5.74, 6) is 0.204. The Hall–Kier alpha value is -1.71. The van der Waals surface area contributed by atoms with E-state index in [1.807, 2.05) is 36.4 Å². The summed E-state index contributed by atoms with van der Waals surface area (Å²) in [6.07, 6.45) is -0.0706. The zero-order valence-corrected chi connectivity index (χ0v) is 8.96. The maximum atomic E-state index is 10.1. The van der Waals surface area contributed by atoms with E-state index in [0.29, 0.717) is 0 Å². The van der Waals surface area contributed by atoms with Gasteiger partial charge in [0.1, 0.15) is 0 Å². The lowest BCUT2D eigenvalue weighted by Gasteiger charge is -1.80. The first-order valence-electron chi connectivity index (χ1n) is 4.89. The van der Waals surface area contributed by atoms with Crippen molar-refractivity contribution in [3.8, 4) is 0 Å². The second kappa shape index (κ2) is 9.83. The van der Waals surface area contributed by atoms with Crippen molar-refractivity contribution in [2.75, 3.05) is 6.54 Å². The maximum Gasteiger partial charge on any atom is 0.263 e. The number of carbonyl (C=O) groups excluding carboxylic acids is 1. The Morgan fingerprint density at radius 3 is 1.62 bits per heavy atom. The third-order valence-electron chi connectivity index (χ3n) is 1.57. The van der Waals surface area contributed by atoms with E-state index in [0.717, 1.165) is 19.4 Å². The molecule has 1 amide bonds. The highest BCUT2D eigenvalue weighted by molar-refractivity contribution is 5.77. The molecule has 0 saturated carbocycles. The topological polar surface area (TPSA) is 29.1 Å². The molecule has 1 saturated heterocycles. The molecule has 0 atom stereocenters. The Kier molecular flexibility index (Phi) is 8.78. The van der Waals surface area contributed by atoms with E-state index >= 15 is 0 Å². The van der Waals surface area contributed by atoms with Crippen LogP contribution < -0.4 is 5.32 Å². The van der Waals surface area contributed by atoms with Crippen LogP contribution in [0.25, 0.3) is 0 Å². The Balaban J connectivity index is 0.000000217. The molecule has 16 heavy (non-hydrogen) atoms. The molecule has 1 aromatic rings. The average Bonchev–Trinajstić information content (AvgIpc) is 2.72. The van der Waals surface area contributed by atoms with E-state index in [1.54, 1.807) is 0 Å². The van der Waals surface area contributed by atoms with Crippen LogP contribution in [0.2, 0.25) is 0 Å². The first-order valence-corrected chi connectivity index (χ1v) is 4.89. The van der Waals surface area contributed by atoms with Crippen molar-refractivity contribution in [1.29, 1.82) is 0 Å². The van der Waals surface area contributed by atoms with Gasteiger partial charge < -0.3 is 5.32 Å². The second-order valence-electron chi connectivity index (χ2n) is 2.95. The Bertz CT molecular complexity index is 262. The summed E-state index contributed by atoms with van der Waals surface area (Å²) in [6.45, 7) is 3.11. The average molecular weight is 227 g/mol. The van der Waals surface area contributed by atoms with Crippen molar-refractivity contribution < 1.29 is 13.6 Å². The van der Waals surface area contributed by atoms with Crippen molar-refractivity contribution in [2.24, 2.45) is 0 Å². The van der Waals surface area contributed by atoms with E-state index in [2.05, 4.69) is 11.9 Å². The van der Waals surface area contributed by atoms with Crippen LogP contribution in [0.4, 0.5) is 8.78 Å². The lowest BCUT2D eigenvalue weighted by atomic mass is 10.4. The first kappa shape index (κ1) is 14.3. The molecule has 0 radical (unpaired) electrons. The highest BCUT2D eigenvalue weighted by Gasteiger charge is 2.05. The van der Waals surface area contributed by atoms with E-state index in [9.17, 15) is 13.6 Å². The van der Waals surface area contributed by atoms with Gasteiger partial charge in [0.15, 0.2) is 0 Å². The summed E-state index contributed by atoms with van der Waals surface area (Å²) in [5.41, 5.74) is 0. The molecule has 2 rings (SSSR count). The van der Waals surface area contributed by atoms with Gasteiger partial charge in [-0.25, -0.2) is 0 Å². The monoisotopic (exact) mass is 227 g/mol. The quantitative estimate of drug-likeness (QED) is 0.725. The predicted octanol–water partition coefficient (Wildman–Crippen LogP) is 2.98. The van der Waals surface area contributed by atoms with Crippen LogP contribution in [0.5, 0.6) is 0 Å². The minimum atomic E-state index is -1.83. The SMILES string of the molecule is C=C(F)F.O=C1CCCN1.c1ccccc1. The summed E-state index contributed by atoms with van der Waals surface area (Å²) in [4.78, 5) is 10.1.